The number of pyridine rings is 1. The molecule has 0 amide bonds. The van der Waals surface area contributed by atoms with Crippen molar-refractivity contribution < 1.29 is 19.1 Å². The van der Waals surface area contributed by atoms with Crippen LogP contribution in [0.25, 0.3) is 10.9 Å². The van der Waals surface area contributed by atoms with Gasteiger partial charge in [0.15, 0.2) is 0 Å². The van der Waals surface area contributed by atoms with Gasteiger partial charge in [-0.3, -0.25) is 10.1 Å². The lowest BCUT2D eigenvalue weighted by Crippen LogP contribution is -2.42. The summed E-state index contributed by atoms with van der Waals surface area (Å²) in [5.74, 6) is 1.29. The highest BCUT2D eigenvalue weighted by Crippen LogP contribution is 2.40. The second kappa shape index (κ2) is 9.93. The molecule has 2 aromatic carbocycles. The van der Waals surface area contributed by atoms with Crippen LogP contribution in [0.4, 0.5) is 11.4 Å². The minimum atomic E-state index is -0.415. The van der Waals surface area contributed by atoms with Gasteiger partial charge in [0.2, 0.25) is 0 Å². The van der Waals surface area contributed by atoms with Crippen LogP contribution in [0.1, 0.15) is 30.9 Å². The first-order chi connectivity index (χ1) is 16.4. The van der Waals surface area contributed by atoms with E-state index in [1.54, 1.807) is 38.5 Å². The Morgan fingerprint density at radius 1 is 1.26 bits per heavy atom. The third-order valence-electron chi connectivity index (χ3n) is 6.17. The number of benzene rings is 2. The predicted molar refractivity (Wildman–Crippen MR) is 127 cm³/mol. The lowest BCUT2D eigenvalue weighted by Gasteiger charge is -2.38. The number of methoxy groups -OCH3 is 2. The SMILES string of the molecule is COc1ccc(CN(c2c([N+](=O)[O-])cnc3ccc(C#N)cc23)C2CCO[C@H](C)C2)c(OC)c1. The lowest BCUT2D eigenvalue weighted by molar-refractivity contribution is -0.384. The molecule has 176 valence electrons. The molecule has 2 heterocycles. The Labute approximate surface area is 197 Å². The van der Waals surface area contributed by atoms with E-state index in [1.807, 2.05) is 24.0 Å². The molecule has 1 unspecified atom stereocenters. The Kier molecular flexibility index (Phi) is 6.80. The quantitative estimate of drug-likeness (QED) is 0.370. The molecule has 9 heteroatoms. The third kappa shape index (κ3) is 4.58. The average molecular weight is 463 g/mol. The maximum Gasteiger partial charge on any atom is 0.311 e. The first-order valence-electron chi connectivity index (χ1n) is 11.0. The zero-order valence-electron chi connectivity index (χ0n) is 19.4. The van der Waals surface area contributed by atoms with Crippen LogP contribution in [0.3, 0.4) is 0 Å². The molecule has 34 heavy (non-hydrogen) atoms. The van der Waals surface area contributed by atoms with E-state index in [2.05, 4.69) is 11.1 Å². The minimum Gasteiger partial charge on any atom is -0.497 e. The first-order valence-corrected chi connectivity index (χ1v) is 11.0. The van der Waals surface area contributed by atoms with Gasteiger partial charge < -0.3 is 19.1 Å². The fourth-order valence-electron chi connectivity index (χ4n) is 4.49. The normalized spacial score (nSPS) is 17.7. The molecule has 1 fully saturated rings. The van der Waals surface area contributed by atoms with E-state index in [4.69, 9.17) is 14.2 Å². The molecule has 0 radical (unpaired) electrons. The molecule has 1 aliphatic heterocycles. The van der Waals surface area contributed by atoms with Crippen molar-refractivity contribution in [1.82, 2.24) is 4.98 Å². The Morgan fingerprint density at radius 3 is 2.76 bits per heavy atom. The highest BCUT2D eigenvalue weighted by atomic mass is 16.6. The first kappa shape index (κ1) is 23.3. The van der Waals surface area contributed by atoms with E-state index in [9.17, 15) is 15.4 Å². The summed E-state index contributed by atoms with van der Waals surface area (Å²) in [6.45, 7) is 2.93. The number of nitriles is 1. The van der Waals surface area contributed by atoms with E-state index >= 15 is 0 Å². The summed E-state index contributed by atoms with van der Waals surface area (Å²) in [6.07, 6.45) is 2.73. The minimum absolute atomic E-state index is 0.0147. The zero-order chi connectivity index (χ0) is 24.2. The molecule has 1 aromatic heterocycles. The fraction of sp³-hybridized carbons (Fsp3) is 0.360. The molecule has 0 spiro atoms. The van der Waals surface area contributed by atoms with E-state index in [1.165, 1.54) is 6.20 Å². The maximum atomic E-state index is 12.1. The average Bonchev–Trinajstić information content (AvgIpc) is 2.86. The van der Waals surface area contributed by atoms with Gasteiger partial charge in [-0.25, -0.2) is 4.98 Å². The lowest BCUT2D eigenvalue weighted by atomic mass is 9.98. The van der Waals surface area contributed by atoms with Crippen molar-refractivity contribution in [3.05, 3.63) is 63.8 Å². The molecular formula is C25H26N4O5. The number of rotatable bonds is 7. The van der Waals surface area contributed by atoms with Crippen molar-refractivity contribution in [2.24, 2.45) is 0 Å². The van der Waals surface area contributed by atoms with Gasteiger partial charge in [-0.2, -0.15) is 5.26 Å². The smallest absolute Gasteiger partial charge is 0.311 e. The van der Waals surface area contributed by atoms with Crippen molar-refractivity contribution in [3.8, 4) is 17.6 Å². The van der Waals surface area contributed by atoms with Crippen LogP contribution in [0.5, 0.6) is 11.5 Å². The van der Waals surface area contributed by atoms with Gasteiger partial charge in [0, 0.05) is 36.2 Å². The van der Waals surface area contributed by atoms with Crippen molar-refractivity contribution in [2.75, 3.05) is 25.7 Å². The van der Waals surface area contributed by atoms with Gasteiger partial charge in [-0.15, -0.1) is 0 Å². The largest absolute Gasteiger partial charge is 0.497 e. The molecule has 9 nitrogen and oxygen atoms in total. The third-order valence-corrected chi connectivity index (χ3v) is 6.17. The van der Waals surface area contributed by atoms with Crippen LogP contribution < -0.4 is 14.4 Å². The number of anilines is 1. The van der Waals surface area contributed by atoms with Gasteiger partial charge >= 0.3 is 5.69 Å². The Hall–Kier alpha value is -3.90. The van der Waals surface area contributed by atoms with E-state index in [-0.39, 0.29) is 17.8 Å². The van der Waals surface area contributed by atoms with Gasteiger partial charge in [0.1, 0.15) is 23.4 Å². The van der Waals surface area contributed by atoms with Crippen LogP contribution in [0, 0.1) is 21.4 Å². The molecule has 0 N–H and O–H groups in total. The standard InChI is InChI=1S/C25H26N4O5/c1-16-10-19(8-9-34-16)28(15-18-5-6-20(32-2)12-24(18)33-3)25-21-11-17(13-26)4-7-22(21)27-14-23(25)29(30)31/h4-7,11-12,14,16,19H,8-10,15H2,1-3H3/t16-,19?/m1/s1. The number of ether oxygens (including phenoxy) is 3. The highest BCUT2D eigenvalue weighted by Gasteiger charge is 2.32. The van der Waals surface area contributed by atoms with Crippen molar-refractivity contribution in [3.63, 3.8) is 0 Å². The number of nitro groups is 1. The maximum absolute atomic E-state index is 12.1. The van der Waals surface area contributed by atoms with Crippen LogP contribution in [0.2, 0.25) is 0 Å². The van der Waals surface area contributed by atoms with E-state index < -0.39 is 4.92 Å². The second-order valence-corrected chi connectivity index (χ2v) is 8.26. The van der Waals surface area contributed by atoms with Gasteiger partial charge in [0.25, 0.3) is 0 Å². The van der Waals surface area contributed by atoms with E-state index in [0.717, 1.165) is 5.56 Å². The van der Waals surface area contributed by atoms with Crippen LogP contribution >= 0.6 is 0 Å². The summed E-state index contributed by atoms with van der Waals surface area (Å²) < 4.78 is 16.7. The summed E-state index contributed by atoms with van der Waals surface area (Å²) >= 11 is 0. The zero-order valence-corrected chi connectivity index (χ0v) is 19.4. The monoisotopic (exact) mass is 462 g/mol. The number of fused-ring (bicyclic) bond motifs is 1. The van der Waals surface area contributed by atoms with Crippen LogP contribution in [0.15, 0.2) is 42.6 Å². The van der Waals surface area contributed by atoms with E-state index in [0.29, 0.717) is 59.6 Å². The molecule has 0 saturated carbocycles. The van der Waals surface area contributed by atoms with Crippen LogP contribution in [-0.4, -0.2) is 42.9 Å². The van der Waals surface area contributed by atoms with Crippen molar-refractivity contribution in [1.29, 1.82) is 5.26 Å². The molecule has 0 bridgehead atoms. The number of hydrogen-bond donors (Lipinski definition) is 0. The Bertz CT molecular complexity index is 1260. The molecule has 1 aliphatic rings. The highest BCUT2D eigenvalue weighted by molar-refractivity contribution is 5.97. The summed E-state index contributed by atoms with van der Waals surface area (Å²) in [5, 5.41) is 22.2. The Balaban J connectivity index is 1.93. The summed E-state index contributed by atoms with van der Waals surface area (Å²) in [7, 11) is 3.17. The molecule has 3 aromatic rings. The van der Waals surface area contributed by atoms with Crippen molar-refractivity contribution in [2.45, 2.75) is 38.5 Å². The van der Waals surface area contributed by atoms with Gasteiger partial charge in [-0.1, -0.05) is 0 Å². The number of aromatic nitrogens is 1. The molecule has 1 saturated heterocycles. The molecule has 4 rings (SSSR count). The molecule has 2 atom stereocenters. The fourth-order valence-corrected chi connectivity index (χ4v) is 4.49. The summed E-state index contributed by atoms with van der Waals surface area (Å²) in [4.78, 5) is 18.1. The number of nitrogens with zero attached hydrogens (tertiary/aromatic N) is 4. The Morgan fingerprint density at radius 2 is 2.09 bits per heavy atom. The second-order valence-electron chi connectivity index (χ2n) is 8.26. The van der Waals surface area contributed by atoms with Crippen LogP contribution in [-0.2, 0) is 11.3 Å². The summed E-state index contributed by atoms with van der Waals surface area (Å²) in [6, 6.07) is 12.7. The van der Waals surface area contributed by atoms with Gasteiger partial charge in [-0.05, 0) is 50.1 Å². The topological polar surface area (TPSA) is 111 Å². The predicted octanol–water partition coefficient (Wildman–Crippen LogP) is 4.61. The summed E-state index contributed by atoms with van der Waals surface area (Å²) in [5.41, 5.74) is 2.21. The molecule has 0 aliphatic carbocycles. The van der Waals surface area contributed by atoms with Crippen molar-refractivity contribution >= 4 is 22.3 Å². The molecular weight excluding hydrogens is 436 g/mol. The van der Waals surface area contributed by atoms with Gasteiger partial charge in [0.05, 0.1) is 42.4 Å². The number of hydrogen-bond acceptors (Lipinski definition) is 8.